The van der Waals surface area contributed by atoms with Crippen molar-refractivity contribution in [2.75, 3.05) is 5.32 Å². The zero-order chi connectivity index (χ0) is 21.9. The largest absolute Gasteiger partial charge is 0.441 e. The molecule has 0 unspecified atom stereocenters. The maximum atomic E-state index is 12.4. The molecule has 0 fully saturated rings. The highest BCUT2D eigenvalue weighted by molar-refractivity contribution is 6.30. The fourth-order valence-corrected chi connectivity index (χ4v) is 3.44. The van der Waals surface area contributed by atoms with Crippen molar-refractivity contribution < 1.29 is 9.21 Å². The molecule has 5 rings (SSSR count). The Hall–Kier alpha value is -3.97. The van der Waals surface area contributed by atoms with Crippen LogP contribution >= 0.6 is 11.6 Å². The molecule has 1 amide bonds. The third-order valence-electron chi connectivity index (χ3n) is 4.95. The number of aromatic nitrogens is 4. The number of halogens is 1. The number of nitrogens with one attached hydrogen (secondary N) is 1. The summed E-state index contributed by atoms with van der Waals surface area (Å²) in [6.45, 7) is 0. The topological polar surface area (TPSA) is 85.3 Å². The summed E-state index contributed by atoms with van der Waals surface area (Å²) in [6.07, 6.45) is 7.86. The zero-order valence-electron chi connectivity index (χ0n) is 16.9. The molecule has 32 heavy (non-hydrogen) atoms. The molecule has 7 nitrogen and oxygen atoms in total. The van der Waals surface area contributed by atoms with Gasteiger partial charge in [0.1, 0.15) is 0 Å². The molecule has 8 heteroatoms. The van der Waals surface area contributed by atoms with Gasteiger partial charge in [-0.25, -0.2) is 15.0 Å². The van der Waals surface area contributed by atoms with E-state index >= 15 is 0 Å². The number of benzene rings is 2. The third-order valence-corrected chi connectivity index (χ3v) is 5.20. The van der Waals surface area contributed by atoms with Crippen LogP contribution in [0.1, 0.15) is 12.3 Å². The van der Waals surface area contributed by atoms with Crippen molar-refractivity contribution >= 4 is 29.0 Å². The number of oxazole rings is 1. The molecule has 0 aliphatic rings. The van der Waals surface area contributed by atoms with Crippen LogP contribution < -0.4 is 5.32 Å². The lowest BCUT2D eigenvalue weighted by molar-refractivity contribution is -0.116. The number of aryl methyl sites for hydroxylation is 1. The maximum absolute atomic E-state index is 12.4. The Balaban J connectivity index is 1.18. The summed E-state index contributed by atoms with van der Waals surface area (Å²) in [5.74, 6) is 1.70. The molecule has 0 spiro atoms. The highest BCUT2D eigenvalue weighted by Crippen LogP contribution is 2.23. The van der Waals surface area contributed by atoms with Crippen molar-refractivity contribution in [1.82, 2.24) is 19.4 Å². The zero-order valence-corrected chi connectivity index (χ0v) is 17.7. The molecule has 3 aromatic heterocycles. The van der Waals surface area contributed by atoms with Crippen LogP contribution in [-0.4, -0.2) is 25.3 Å². The van der Waals surface area contributed by atoms with Crippen LogP contribution in [0.15, 0.2) is 83.8 Å². The van der Waals surface area contributed by atoms with Gasteiger partial charge in [0, 0.05) is 53.3 Å². The molecule has 1 N–H and O–H groups in total. The minimum Gasteiger partial charge on any atom is -0.441 e. The number of rotatable bonds is 6. The molecule has 0 bridgehead atoms. The second-order valence-corrected chi connectivity index (χ2v) is 7.64. The molecular formula is C24H18ClN5O2. The van der Waals surface area contributed by atoms with E-state index < -0.39 is 0 Å². The second-order valence-electron chi connectivity index (χ2n) is 7.20. The van der Waals surface area contributed by atoms with Crippen LogP contribution in [0.25, 0.3) is 28.4 Å². The van der Waals surface area contributed by atoms with Crippen LogP contribution in [-0.2, 0) is 11.2 Å². The normalized spacial score (nSPS) is 11.0. The number of fused-ring (bicyclic) bond motifs is 1. The number of anilines is 1. The number of amides is 1. The van der Waals surface area contributed by atoms with Crippen LogP contribution in [0.2, 0.25) is 5.02 Å². The van der Waals surface area contributed by atoms with Crippen LogP contribution in [0, 0.1) is 0 Å². The highest BCUT2D eigenvalue weighted by atomic mass is 35.5. The van der Waals surface area contributed by atoms with Gasteiger partial charge < -0.3 is 9.73 Å². The van der Waals surface area contributed by atoms with Crippen LogP contribution in [0.3, 0.4) is 0 Å². The van der Waals surface area contributed by atoms with Crippen molar-refractivity contribution in [3.8, 4) is 22.6 Å². The first-order valence-corrected chi connectivity index (χ1v) is 10.4. The van der Waals surface area contributed by atoms with Crippen molar-refractivity contribution in [3.63, 3.8) is 0 Å². The Kier molecular flexibility index (Phi) is 5.39. The van der Waals surface area contributed by atoms with E-state index in [1.807, 2.05) is 59.3 Å². The Morgan fingerprint density at radius 1 is 1.03 bits per heavy atom. The summed E-state index contributed by atoms with van der Waals surface area (Å²) >= 11 is 5.91. The number of carbonyl (C=O) groups is 1. The molecule has 0 radical (unpaired) electrons. The number of hydrogen-bond donors (Lipinski definition) is 1. The summed E-state index contributed by atoms with van der Waals surface area (Å²) in [6, 6.07) is 16.7. The Morgan fingerprint density at radius 3 is 2.59 bits per heavy atom. The number of carbonyl (C=O) groups excluding carboxylic acids is 1. The lowest BCUT2D eigenvalue weighted by atomic mass is 10.1. The van der Waals surface area contributed by atoms with Gasteiger partial charge in [-0.2, -0.15) is 0 Å². The maximum Gasteiger partial charge on any atom is 0.234 e. The smallest absolute Gasteiger partial charge is 0.234 e. The monoisotopic (exact) mass is 443 g/mol. The van der Waals surface area contributed by atoms with Crippen molar-refractivity contribution in [1.29, 1.82) is 0 Å². The fourth-order valence-electron chi connectivity index (χ4n) is 3.31. The summed E-state index contributed by atoms with van der Waals surface area (Å²) in [5, 5.41) is 3.56. The summed E-state index contributed by atoms with van der Waals surface area (Å²) in [7, 11) is 0. The van der Waals surface area contributed by atoms with Crippen molar-refractivity contribution in [2.24, 2.45) is 0 Å². The van der Waals surface area contributed by atoms with Gasteiger partial charge >= 0.3 is 0 Å². The predicted octanol–water partition coefficient (Wildman–Crippen LogP) is 5.28. The van der Waals surface area contributed by atoms with Gasteiger partial charge in [0.15, 0.2) is 11.7 Å². The lowest BCUT2D eigenvalue weighted by Gasteiger charge is -2.05. The number of hydrogen-bond acceptors (Lipinski definition) is 5. The van der Waals surface area contributed by atoms with E-state index in [-0.39, 0.29) is 12.3 Å². The average Bonchev–Trinajstić information content (AvgIpc) is 3.46. The Morgan fingerprint density at radius 2 is 1.81 bits per heavy atom. The van der Waals surface area contributed by atoms with Crippen LogP contribution in [0.4, 0.5) is 5.69 Å². The molecule has 0 atom stereocenters. The molecule has 158 valence electrons. The summed E-state index contributed by atoms with van der Waals surface area (Å²) in [4.78, 5) is 25.4. The number of nitrogens with zero attached hydrogens (tertiary/aromatic N) is 4. The van der Waals surface area contributed by atoms with Gasteiger partial charge in [0.05, 0.1) is 11.9 Å². The average molecular weight is 444 g/mol. The SMILES string of the molecule is O=C(CCc1ncc(-c2ccc(Cl)cc2)o1)Nc1ccc(-c2cn3cccnc3n2)cc1. The Bertz CT molecular complexity index is 1340. The predicted molar refractivity (Wildman–Crippen MR) is 122 cm³/mol. The first kappa shape index (κ1) is 20.0. The van der Waals surface area contributed by atoms with Gasteiger partial charge in [0.2, 0.25) is 11.7 Å². The molecule has 0 saturated heterocycles. The van der Waals surface area contributed by atoms with Gasteiger partial charge in [-0.3, -0.25) is 9.20 Å². The van der Waals surface area contributed by atoms with Crippen LogP contribution in [0.5, 0.6) is 0 Å². The minimum atomic E-state index is -0.110. The van der Waals surface area contributed by atoms with Gasteiger partial charge in [-0.1, -0.05) is 23.7 Å². The Labute approximate surface area is 188 Å². The molecule has 3 heterocycles. The van der Waals surface area contributed by atoms with Gasteiger partial charge in [-0.05, 0) is 42.5 Å². The first-order chi connectivity index (χ1) is 15.6. The van der Waals surface area contributed by atoms with E-state index in [0.717, 1.165) is 22.5 Å². The molecule has 5 aromatic rings. The summed E-state index contributed by atoms with van der Waals surface area (Å²) in [5.41, 5.74) is 3.37. The molecule has 0 aliphatic carbocycles. The summed E-state index contributed by atoms with van der Waals surface area (Å²) < 4.78 is 7.62. The molecule has 2 aromatic carbocycles. The van der Waals surface area contributed by atoms with E-state index in [4.69, 9.17) is 16.0 Å². The van der Waals surface area contributed by atoms with Crippen molar-refractivity contribution in [3.05, 3.63) is 90.3 Å². The van der Waals surface area contributed by atoms with E-state index in [0.29, 0.717) is 28.9 Å². The molecule has 0 saturated carbocycles. The van der Waals surface area contributed by atoms with E-state index in [9.17, 15) is 4.79 Å². The molecular weight excluding hydrogens is 426 g/mol. The standard InChI is InChI=1S/C24H18ClN5O2/c25-18-6-2-17(3-7-18)21-14-27-23(32-21)11-10-22(31)28-19-8-4-16(5-9-19)20-15-30-13-1-12-26-24(30)29-20/h1-9,12-15H,10-11H2,(H,28,31). The highest BCUT2D eigenvalue weighted by Gasteiger charge is 2.10. The third kappa shape index (κ3) is 4.38. The fraction of sp³-hybridized carbons (Fsp3) is 0.0833. The van der Waals surface area contributed by atoms with Gasteiger partial charge in [0.25, 0.3) is 0 Å². The number of imidazole rings is 1. The quantitative estimate of drug-likeness (QED) is 0.386. The van der Waals surface area contributed by atoms with Gasteiger partial charge in [-0.15, -0.1) is 0 Å². The van der Waals surface area contributed by atoms with E-state index in [1.54, 1.807) is 24.5 Å². The van der Waals surface area contributed by atoms with E-state index in [2.05, 4.69) is 20.3 Å². The van der Waals surface area contributed by atoms with Crippen molar-refractivity contribution in [2.45, 2.75) is 12.8 Å². The molecule has 0 aliphatic heterocycles. The minimum absolute atomic E-state index is 0.110. The first-order valence-electron chi connectivity index (χ1n) is 10.0. The lowest BCUT2D eigenvalue weighted by Crippen LogP contribution is -2.12. The van der Waals surface area contributed by atoms with E-state index in [1.165, 1.54) is 0 Å². The second kappa shape index (κ2) is 8.64.